The zero-order chi connectivity index (χ0) is 16.1. The molecule has 2 rings (SSSR count). The van der Waals surface area contributed by atoms with E-state index < -0.39 is 11.9 Å². The van der Waals surface area contributed by atoms with Gasteiger partial charge in [0.25, 0.3) is 0 Å². The van der Waals surface area contributed by atoms with Crippen LogP contribution in [0.5, 0.6) is 0 Å². The first-order valence-electron chi connectivity index (χ1n) is 6.66. The summed E-state index contributed by atoms with van der Waals surface area (Å²) in [5.41, 5.74) is 1.83. The van der Waals surface area contributed by atoms with E-state index >= 15 is 0 Å². The van der Waals surface area contributed by atoms with E-state index in [4.69, 9.17) is 23.1 Å². The molecule has 1 atom stereocenters. The lowest BCUT2D eigenvalue weighted by Crippen LogP contribution is -2.17. The zero-order valence-corrected chi connectivity index (χ0v) is 12.4. The Labute approximate surface area is 133 Å². The fraction of sp³-hybridized carbons (Fsp3) is 0.176. The van der Waals surface area contributed by atoms with Gasteiger partial charge in [-0.05, 0) is 18.2 Å². The van der Waals surface area contributed by atoms with Gasteiger partial charge < -0.3 is 10.1 Å². The van der Waals surface area contributed by atoms with Crippen molar-refractivity contribution in [2.24, 2.45) is 5.92 Å². The number of carbonyl (C=O) groups is 2. The number of ketones is 1. The van der Waals surface area contributed by atoms with E-state index in [2.05, 4.69) is 10.9 Å². The molecule has 4 nitrogen and oxygen atoms in total. The summed E-state index contributed by atoms with van der Waals surface area (Å²) in [6, 6.07) is 10.6. The topological polar surface area (TPSA) is 70.2 Å². The van der Waals surface area contributed by atoms with Gasteiger partial charge in [-0.25, -0.2) is 0 Å². The van der Waals surface area contributed by atoms with Crippen LogP contribution in [0, 0.1) is 18.3 Å². The van der Waals surface area contributed by atoms with E-state index in [0.717, 1.165) is 5.56 Å². The van der Waals surface area contributed by atoms with Crippen molar-refractivity contribution >= 4 is 23.4 Å². The molecule has 0 radical (unpaired) electrons. The highest BCUT2D eigenvalue weighted by molar-refractivity contribution is 6.33. The Morgan fingerprint density at radius 2 is 2.00 bits per heavy atom. The van der Waals surface area contributed by atoms with Gasteiger partial charge in [-0.2, -0.15) is 0 Å². The molecule has 22 heavy (non-hydrogen) atoms. The number of halogens is 1. The van der Waals surface area contributed by atoms with Crippen LogP contribution in [0.1, 0.15) is 23.3 Å². The summed E-state index contributed by atoms with van der Waals surface area (Å²) >= 11 is 6.11. The summed E-state index contributed by atoms with van der Waals surface area (Å²) < 4.78 is 0. The third kappa shape index (κ3) is 3.57. The second-order valence-corrected chi connectivity index (χ2v) is 5.24. The molecule has 112 valence electrons. The molecule has 0 aliphatic carbocycles. The number of aromatic amines is 1. The molecule has 0 fully saturated rings. The average molecular weight is 316 g/mol. The van der Waals surface area contributed by atoms with Crippen molar-refractivity contribution in [2.45, 2.75) is 12.8 Å². The fourth-order valence-corrected chi connectivity index (χ4v) is 2.35. The van der Waals surface area contributed by atoms with Crippen molar-refractivity contribution in [3.05, 3.63) is 47.1 Å². The van der Waals surface area contributed by atoms with E-state index in [1.165, 1.54) is 0 Å². The van der Waals surface area contributed by atoms with Gasteiger partial charge in [-0.15, -0.1) is 12.3 Å². The zero-order valence-electron chi connectivity index (χ0n) is 11.7. The van der Waals surface area contributed by atoms with Gasteiger partial charge in [0.2, 0.25) is 0 Å². The molecule has 5 heteroatoms. The van der Waals surface area contributed by atoms with Gasteiger partial charge in [-0.3, -0.25) is 9.59 Å². The second-order valence-electron chi connectivity index (χ2n) is 4.84. The van der Waals surface area contributed by atoms with Gasteiger partial charge >= 0.3 is 5.97 Å². The molecular weight excluding hydrogens is 302 g/mol. The largest absolute Gasteiger partial charge is 0.481 e. The monoisotopic (exact) mass is 315 g/mol. The van der Waals surface area contributed by atoms with Crippen LogP contribution in [0.25, 0.3) is 11.3 Å². The van der Waals surface area contributed by atoms with Crippen LogP contribution in [-0.2, 0) is 4.79 Å². The maximum absolute atomic E-state index is 12.2. The second kappa shape index (κ2) is 6.97. The highest BCUT2D eigenvalue weighted by Crippen LogP contribution is 2.27. The van der Waals surface area contributed by atoms with Gasteiger partial charge in [0.15, 0.2) is 5.78 Å². The number of terminal acetylenes is 1. The number of hydrogen-bond donors (Lipinski definition) is 2. The molecule has 0 spiro atoms. The highest BCUT2D eigenvalue weighted by atomic mass is 35.5. The molecule has 0 saturated carbocycles. The van der Waals surface area contributed by atoms with Crippen molar-refractivity contribution < 1.29 is 14.7 Å². The van der Waals surface area contributed by atoms with E-state index in [-0.39, 0.29) is 18.6 Å². The Balaban J connectivity index is 2.18. The van der Waals surface area contributed by atoms with Crippen LogP contribution < -0.4 is 0 Å². The number of carboxylic acid groups (broad SMARTS) is 1. The number of hydrogen-bond acceptors (Lipinski definition) is 2. The van der Waals surface area contributed by atoms with Crippen LogP contribution in [0.3, 0.4) is 0 Å². The number of Topliss-reactive ketones (excluding diaryl/α,β-unsaturated/α-hetero) is 1. The van der Waals surface area contributed by atoms with Crippen LogP contribution >= 0.6 is 11.6 Å². The molecule has 0 bridgehead atoms. The molecular formula is C17H14ClNO3. The summed E-state index contributed by atoms with van der Waals surface area (Å²) in [6.45, 7) is 0. The lowest BCUT2D eigenvalue weighted by Gasteiger charge is -2.07. The lowest BCUT2D eigenvalue weighted by molar-refractivity contribution is -0.141. The molecule has 0 saturated heterocycles. The lowest BCUT2D eigenvalue weighted by atomic mass is 9.98. The SMILES string of the molecule is C#CCC(CC(=O)c1ccc(-c2ccccc2Cl)[nH]1)C(=O)O. The van der Waals surface area contributed by atoms with E-state index in [9.17, 15) is 9.59 Å². The van der Waals surface area contributed by atoms with Crippen LogP contribution in [0.2, 0.25) is 5.02 Å². The molecule has 2 N–H and O–H groups in total. The minimum atomic E-state index is -1.07. The van der Waals surface area contributed by atoms with E-state index in [1.807, 2.05) is 18.2 Å². The molecule has 1 unspecified atom stereocenters. The maximum Gasteiger partial charge on any atom is 0.307 e. The molecule has 0 aliphatic heterocycles. The van der Waals surface area contributed by atoms with Crippen molar-refractivity contribution in [3.63, 3.8) is 0 Å². The van der Waals surface area contributed by atoms with Crippen molar-refractivity contribution in [3.8, 4) is 23.6 Å². The molecule has 1 heterocycles. The highest BCUT2D eigenvalue weighted by Gasteiger charge is 2.22. The van der Waals surface area contributed by atoms with Crippen LogP contribution in [-0.4, -0.2) is 21.8 Å². The quantitative estimate of drug-likeness (QED) is 0.631. The predicted molar refractivity (Wildman–Crippen MR) is 84.8 cm³/mol. The summed E-state index contributed by atoms with van der Waals surface area (Å²) in [5.74, 6) is 0.0566. The third-order valence-electron chi connectivity index (χ3n) is 3.30. The average Bonchev–Trinajstić information content (AvgIpc) is 2.96. The summed E-state index contributed by atoms with van der Waals surface area (Å²) in [6.07, 6.45) is 5.02. The molecule has 2 aromatic rings. The number of H-pyrrole nitrogens is 1. The molecule has 1 aromatic heterocycles. The third-order valence-corrected chi connectivity index (χ3v) is 3.63. The fourth-order valence-electron chi connectivity index (χ4n) is 2.12. The minimum absolute atomic E-state index is 0.0269. The van der Waals surface area contributed by atoms with Crippen LogP contribution in [0.4, 0.5) is 0 Å². The van der Waals surface area contributed by atoms with Gasteiger partial charge in [0.1, 0.15) is 0 Å². The Morgan fingerprint density at radius 3 is 2.64 bits per heavy atom. The molecule has 0 aliphatic rings. The number of rotatable bonds is 6. The normalized spacial score (nSPS) is 11.6. The van der Waals surface area contributed by atoms with E-state index in [1.54, 1.807) is 18.2 Å². The van der Waals surface area contributed by atoms with Gasteiger partial charge in [0.05, 0.1) is 11.6 Å². The maximum atomic E-state index is 12.2. The standard InChI is InChI=1S/C17H14ClNO3/c1-2-5-11(17(21)22)10-16(20)15-9-8-14(19-15)12-6-3-4-7-13(12)18/h1,3-4,6-9,11,19H,5,10H2,(H,21,22). The van der Waals surface area contributed by atoms with Crippen molar-refractivity contribution in [2.75, 3.05) is 0 Å². The summed E-state index contributed by atoms with van der Waals surface area (Å²) in [7, 11) is 0. The minimum Gasteiger partial charge on any atom is -0.481 e. The molecule has 1 aromatic carbocycles. The number of benzene rings is 1. The first kappa shape index (κ1) is 15.9. The Bertz CT molecular complexity index is 742. The predicted octanol–water partition coefficient (Wildman–Crippen LogP) is 3.63. The Kier molecular flexibility index (Phi) is 5.03. The summed E-state index contributed by atoms with van der Waals surface area (Å²) in [4.78, 5) is 26.2. The van der Waals surface area contributed by atoms with Crippen molar-refractivity contribution in [1.82, 2.24) is 4.98 Å². The van der Waals surface area contributed by atoms with Gasteiger partial charge in [-0.1, -0.05) is 29.8 Å². The number of aliphatic carboxylic acids is 1. The number of carboxylic acids is 1. The Hall–Kier alpha value is -2.51. The smallest absolute Gasteiger partial charge is 0.307 e. The number of nitrogens with one attached hydrogen (secondary N) is 1. The first-order valence-corrected chi connectivity index (χ1v) is 7.04. The van der Waals surface area contributed by atoms with Gasteiger partial charge in [0, 0.05) is 29.1 Å². The van der Waals surface area contributed by atoms with Crippen molar-refractivity contribution in [1.29, 1.82) is 0 Å². The van der Waals surface area contributed by atoms with Crippen LogP contribution in [0.15, 0.2) is 36.4 Å². The Morgan fingerprint density at radius 1 is 1.27 bits per heavy atom. The first-order chi connectivity index (χ1) is 10.5. The van der Waals surface area contributed by atoms with E-state index in [0.29, 0.717) is 16.4 Å². The number of carbonyl (C=O) groups excluding carboxylic acids is 1. The molecule has 0 amide bonds. The summed E-state index contributed by atoms with van der Waals surface area (Å²) in [5, 5.41) is 9.61. The number of aromatic nitrogens is 1.